The van der Waals surface area contributed by atoms with E-state index in [-0.39, 0.29) is 24.2 Å². The fraction of sp³-hybridized carbons (Fsp3) is 0.486. The second-order valence-electron chi connectivity index (χ2n) is 27.5. The molecule has 0 bridgehead atoms. The summed E-state index contributed by atoms with van der Waals surface area (Å²) in [5.74, 6) is 2.06. The Hall–Kier alpha value is -9.30. The van der Waals surface area contributed by atoms with Crippen LogP contribution in [0.15, 0.2) is 110 Å². The molecule has 6 aliphatic heterocycles. The van der Waals surface area contributed by atoms with Crippen LogP contribution in [0.4, 0.5) is 61.2 Å². The number of rotatable bonds is 18. The lowest BCUT2D eigenvalue weighted by atomic mass is 9.92. The number of anilines is 9. The van der Waals surface area contributed by atoms with Gasteiger partial charge in [0.05, 0.1) is 33.8 Å². The standard InChI is InChI=1S/C27H37N5O4.C25H34N6O3.C22H29N5O2/c1-27(2,3)36-26(34)32-12-8-21(9-13-32)30-23-16-24(29-17-22(23)25(28)33)31-20-6-4-18(5-7-20)19-10-14-35-15-11-19;1-30(2)25(33)31-11-7-20(8-12-31)28-22-15-23(27-16-21(22)24(26)32)29-19-5-3-17(4-6-19)18-9-13-34-14-10-18;23-22(28)19-14-25-21(13-20(19)26-18-5-9-24-10-6-18)27-17-3-1-15(2-4-17)16-7-11-29-12-8-16/h4-7,16-17,19,21H,8-15H2,1-3H3,(H2,28,33)(H2,29,30,31);3-6,15-16,18,20H,7-14H2,1-2H3,(H2,26,32)(H2,27,28,29);1-4,13-14,16,18,24H,5-12H2,(H2,23,28)(H2,25,26,27). The van der Waals surface area contributed by atoms with Crippen LogP contribution in [-0.2, 0) is 18.9 Å². The van der Waals surface area contributed by atoms with Gasteiger partial charge in [0.1, 0.15) is 23.1 Å². The summed E-state index contributed by atoms with van der Waals surface area (Å²) in [6, 6.07) is 31.4. The predicted molar refractivity (Wildman–Crippen MR) is 387 cm³/mol. The molecule has 0 spiro atoms. The molecule has 6 aromatic rings. The minimum Gasteiger partial charge on any atom is -0.444 e. The molecule has 530 valence electrons. The zero-order valence-electron chi connectivity index (χ0n) is 57.9. The van der Waals surface area contributed by atoms with Crippen molar-refractivity contribution in [3.63, 3.8) is 0 Å². The second-order valence-corrected chi connectivity index (χ2v) is 27.5. The summed E-state index contributed by atoms with van der Waals surface area (Å²) in [6.07, 6.45) is 15.7. The van der Waals surface area contributed by atoms with Crippen molar-refractivity contribution in [2.45, 2.75) is 139 Å². The number of nitrogens with one attached hydrogen (secondary N) is 7. The maximum atomic E-state index is 12.4. The molecule has 6 amide bonds. The highest BCUT2D eigenvalue weighted by molar-refractivity contribution is 6.00. The zero-order chi connectivity index (χ0) is 69.8. The Morgan fingerprint density at radius 2 is 0.768 bits per heavy atom. The maximum absolute atomic E-state index is 12.4. The van der Waals surface area contributed by atoms with E-state index in [4.69, 9.17) is 36.1 Å². The van der Waals surface area contributed by atoms with Gasteiger partial charge in [0.15, 0.2) is 0 Å². The van der Waals surface area contributed by atoms with Crippen LogP contribution in [-0.4, -0.2) is 176 Å². The maximum Gasteiger partial charge on any atom is 0.410 e. The number of ether oxygens (including phenoxy) is 4. The fourth-order valence-electron chi connectivity index (χ4n) is 13.2. The molecule has 25 nitrogen and oxygen atoms in total. The second kappa shape index (κ2) is 35.0. The molecular weight excluding hydrogens is 1260 g/mol. The number of hydrogen-bond donors (Lipinski definition) is 10. The van der Waals surface area contributed by atoms with Crippen molar-refractivity contribution < 1.29 is 42.9 Å². The van der Waals surface area contributed by atoms with Gasteiger partial charge < -0.3 is 88.1 Å². The lowest BCUT2D eigenvalue weighted by Gasteiger charge is -2.34. The summed E-state index contributed by atoms with van der Waals surface area (Å²) in [5.41, 5.74) is 26.2. The number of pyridine rings is 3. The van der Waals surface area contributed by atoms with Gasteiger partial charge in [-0.25, -0.2) is 24.5 Å². The van der Waals surface area contributed by atoms with Crippen molar-refractivity contribution in [2.75, 3.05) is 125 Å². The summed E-state index contributed by atoms with van der Waals surface area (Å²) in [5, 5.41) is 23.7. The Balaban J connectivity index is 0.000000162. The van der Waals surface area contributed by atoms with Crippen LogP contribution in [0.1, 0.15) is 163 Å². The van der Waals surface area contributed by atoms with E-state index < -0.39 is 23.3 Å². The molecular formula is C74H100N16O9. The Morgan fingerprint density at radius 3 is 1.06 bits per heavy atom. The number of aromatic nitrogens is 3. The van der Waals surface area contributed by atoms with E-state index in [1.54, 1.807) is 30.1 Å². The molecule has 6 saturated heterocycles. The number of nitrogens with two attached hydrogens (primary N) is 3. The van der Waals surface area contributed by atoms with E-state index in [9.17, 15) is 24.0 Å². The van der Waals surface area contributed by atoms with E-state index in [1.165, 1.54) is 29.1 Å². The predicted octanol–water partition coefficient (Wildman–Crippen LogP) is 11.0. The number of likely N-dealkylation sites (tertiary alicyclic amines) is 2. The lowest BCUT2D eigenvalue weighted by molar-refractivity contribution is 0.0210. The minimum atomic E-state index is -0.538. The smallest absolute Gasteiger partial charge is 0.410 e. The normalized spacial score (nSPS) is 17.7. The van der Waals surface area contributed by atoms with Gasteiger partial charge in [-0.2, -0.15) is 0 Å². The highest BCUT2D eigenvalue weighted by atomic mass is 16.6. The van der Waals surface area contributed by atoms with Crippen molar-refractivity contribution in [2.24, 2.45) is 17.2 Å². The van der Waals surface area contributed by atoms with Gasteiger partial charge in [0, 0.05) is 152 Å². The monoisotopic (exact) mass is 1360 g/mol. The Labute approximate surface area is 581 Å². The minimum absolute atomic E-state index is 0.0227. The number of nitrogens with zero attached hydrogens (tertiary/aromatic N) is 6. The van der Waals surface area contributed by atoms with E-state index in [0.29, 0.717) is 95.5 Å². The Bertz CT molecular complexity index is 3630. The van der Waals surface area contributed by atoms with Crippen LogP contribution < -0.4 is 54.4 Å². The SMILES string of the molecule is CC(C)(C)OC(=O)N1CCC(Nc2cc(Nc3ccc(C4CCOCC4)cc3)ncc2C(N)=O)CC1.CN(C)C(=O)N1CCC(Nc2cc(Nc3ccc(C4CCOCC4)cc3)ncc2C(N)=O)CC1.NC(=O)c1cnc(Nc2ccc(C3CCOCC3)cc2)cc1NC1CCNCC1. The molecule has 99 heavy (non-hydrogen) atoms. The van der Waals surface area contributed by atoms with Crippen LogP contribution in [0.3, 0.4) is 0 Å². The number of primary amides is 3. The van der Waals surface area contributed by atoms with Crippen LogP contribution in [0.25, 0.3) is 0 Å². The molecule has 6 fully saturated rings. The van der Waals surface area contributed by atoms with Gasteiger partial charge in [0.2, 0.25) is 0 Å². The lowest BCUT2D eigenvalue weighted by Crippen LogP contribution is -2.46. The number of piperidine rings is 3. The van der Waals surface area contributed by atoms with Gasteiger partial charge in [-0.1, -0.05) is 36.4 Å². The average molecular weight is 1360 g/mol. The third kappa shape index (κ3) is 21.4. The molecule has 12 rings (SSSR count). The third-order valence-electron chi connectivity index (χ3n) is 18.8. The average Bonchev–Trinajstić information content (AvgIpc) is 0.860. The molecule has 3 aromatic carbocycles. The first-order chi connectivity index (χ1) is 47.8. The quantitative estimate of drug-likeness (QED) is 0.0382. The van der Waals surface area contributed by atoms with Gasteiger partial charge >= 0.3 is 12.1 Å². The summed E-state index contributed by atoms with van der Waals surface area (Å²) < 4.78 is 21.9. The van der Waals surface area contributed by atoms with Gasteiger partial charge in [-0.15, -0.1) is 0 Å². The first-order valence-electron chi connectivity index (χ1n) is 35.0. The van der Waals surface area contributed by atoms with Gasteiger partial charge in [0.25, 0.3) is 17.7 Å². The van der Waals surface area contributed by atoms with E-state index in [1.807, 2.05) is 56.0 Å². The van der Waals surface area contributed by atoms with E-state index in [0.717, 1.165) is 153 Å². The van der Waals surface area contributed by atoms with Crippen molar-refractivity contribution in [1.82, 2.24) is 35.0 Å². The van der Waals surface area contributed by atoms with Crippen molar-refractivity contribution in [1.29, 1.82) is 0 Å². The molecule has 0 radical (unpaired) electrons. The summed E-state index contributed by atoms with van der Waals surface area (Å²) in [4.78, 5) is 78.7. The number of amides is 6. The molecule has 0 unspecified atom stereocenters. The molecule has 9 heterocycles. The molecule has 0 saturated carbocycles. The molecule has 25 heteroatoms. The van der Waals surface area contributed by atoms with Crippen LogP contribution in [0.5, 0.6) is 0 Å². The number of urea groups is 1. The van der Waals surface area contributed by atoms with Gasteiger partial charge in [-0.05, 0) is 182 Å². The summed E-state index contributed by atoms with van der Waals surface area (Å²) in [7, 11) is 3.52. The molecule has 0 atom stereocenters. The summed E-state index contributed by atoms with van der Waals surface area (Å²) >= 11 is 0. The topological polar surface area (TPSA) is 333 Å². The zero-order valence-corrected chi connectivity index (χ0v) is 57.9. The van der Waals surface area contributed by atoms with E-state index >= 15 is 0 Å². The highest BCUT2D eigenvalue weighted by Gasteiger charge is 2.30. The van der Waals surface area contributed by atoms with Crippen molar-refractivity contribution in [3.05, 3.63) is 143 Å². The van der Waals surface area contributed by atoms with Crippen LogP contribution >= 0.6 is 0 Å². The van der Waals surface area contributed by atoms with E-state index in [2.05, 4.69) is 113 Å². The first kappa shape index (κ1) is 72.4. The third-order valence-corrected chi connectivity index (χ3v) is 18.8. The molecule has 13 N–H and O–H groups in total. The number of benzene rings is 3. The number of hydrogen-bond acceptors (Lipinski definition) is 19. The first-order valence-corrected chi connectivity index (χ1v) is 35.0. The molecule has 3 aromatic heterocycles. The van der Waals surface area contributed by atoms with Crippen molar-refractivity contribution in [3.8, 4) is 0 Å². The Kier molecular flexibility index (Phi) is 25.6. The Morgan fingerprint density at radius 1 is 0.465 bits per heavy atom. The molecule has 6 aliphatic rings. The number of carbonyl (C=O) groups is 5. The highest BCUT2D eigenvalue weighted by Crippen LogP contribution is 2.34. The summed E-state index contributed by atoms with van der Waals surface area (Å²) in [6.45, 7) is 15.0. The van der Waals surface area contributed by atoms with Gasteiger partial charge in [-0.3, -0.25) is 14.4 Å². The fourth-order valence-corrected chi connectivity index (χ4v) is 13.2. The van der Waals surface area contributed by atoms with Crippen molar-refractivity contribution >= 4 is 81.4 Å². The molecule has 0 aliphatic carbocycles. The van der Waals surface area contributed by atoms with Crippen LogP contribution in [0, 0.1) is 0 Å². The largest absolute Gasteiger partial charge is 0.444 e. The van der Waals surface area contributed by atoms with Crippen LogP contribution in [0.2, 0.25) is 0 Å². The number of carbonyl (C=O) groups excluding carboxylic acids is 5.